The lowest BCUT2D eigenvalue weighted by Gasteiger charge is -2.38. The SMILES string of the molecule is CCN(CC)S(=O)(=O)c1ccc(OC)c(N2CCN(C(=O)C(OC(C)=O)c3ccccc3)CC2)c1. The van der Waals surface area contributed by atoms with Crippen LogP contribution >= 0.6 is 0 Å². The molecule has 0 radical (unpaired) electrons. The summed E-state index contributed by atoms with van der Waals surface area (Å²) >= 11 is 0. The lowest BCUT2D eigenvalue weighted by atomic mass is 10.1. The number of hydrogen-bond acceptors (Lipinski definition) is 7. The molecule has 2 aromatic rings. The second-order valence-electron chi connectivity index (χ2n) is 8.14. The summed E-state index contributed by atoms with van der Waals surface area (Å²) in [5, 5.41) is 0. The minimum absolute atomic E-state index is 0.203. The summed E-state index contributed by atoms with van der Waals surface area (Å²) in [5.41, 5.74) is 1.28. The zero-order valence-electron chi connectivity index (χ0n) is 20.6. The molecule has 1 aliphatic rings. The van der Waals surface area contributed by atoms with E-state index >= 15 is 0 Å². The van der Waals surface area contributed by atoms with E-state index in [0.717, 1.165) is 0 Å². The van der Waals surface area contributed by atoms with Gasteiger partial charge in [-0.3, -0.25) is 9.59 Å². The van der Waals surface area contributed by atoms with E-state index in [9.17, 15) is 18.0 Å². The Balaban J connectivity index is 1.80. The third-order valence-electron chi connectivity index (χ3n) is 6.04. The van der Waals surface area contributed by atoms with Gasteiger partial charge in [-0.25, -0.2) is 8.42 Å². The average molecular weight is 504 g/mol. The molecule has 35 heavy (non-hydrogen) atoms. The van der Waals surface area contributed by atoms with Crippen LogP contribution in [-0.2, 0) is 24.3 Å². The second-order valence-corrected chi connectivity index (χ2v) is 10.1. The van der Waals surface area contributed by atoms with Gasteiger partial charge in [-0.2, -0.15) is 4.31 Å². The Morgan fingerprint density at radius 1 is 1.00 bits per heavy atom. The monoisotopic (exact) mass is 503 g/mol. The molecule has 0 saturated carbocycles. The molecule has 9 nitrogen and oxygen atoms in total. The first kappa shape index (κ1) is 26.5. The van der Waals surface area contributed by atoms with Crippen molar-refractivity contribution in [1.29, 1.82) is 0 Å². The summed E-state index contributed by atoms with van der Waals surface area (Å²) in [4.78, 5) is 28.8. The molecular formula is C25H33N3O6S. The molecule has 1 heterocycles. The molecule has 1 unspecified atom stereocenters. The van der Waals surface area contributed by atoms with Crippen LogP contribution in [0.15, 0.2) is 53.4 Å². The number of rotatable bonds is 9. The van der Waals surface area contributed by atoms with E-state index in [4.69, 9.17) is 9.47 Å². The van der Waals surface area contributed by atoms with Crippen LogP contribution in [0, 0.1) is 0 Å². The van der Waals surface area contributed by atoms with Crippen LogP contribution < -0.4 is 9.64 Å². The predicted molar refractivity (Wildman–Crippen MR) is 133 cm³/mol. The van der Waals surface area contributed by atoms with Gasteiger partial charge in [0, 0.05) is 51.8 Å². The van der Waals surface area contributed by atoms with E-state index < -0.39 is 22.1 Å². The minimum Gasteiger partial charge on any atom is -0.495 e. The number of amides is 1. The van der Waals surface area contributed by atoms with E-state index in [-0.39, 0.29) is 10.8 Å². The number of piperazine rings is 1. The molecule has 0 aromatic heterocycles. The zero-order chi connectivity index (χ0) is 25.6. The van der Waals surface area contributed by atoms with Crippen molar-refractivity contribution >= 4 is 27.6 Å². The summed E-state index contributed by atoms with van der Waals surface area (Å²) in [6, 6.07) is 13.8. The van der Waals surface area contributed by atoms with E-state index in [1.165, 1.54) is 11.2 Å². The number of anilines is 1. The van der Waals surface area contributed by atoms with Crippen LogP contribution in [0.3, 0.4) is 0 Å². The Morgan fingerprint density at radius 2 is 1.63 bits per heavy atom. The van der Waals surface area contributed by atoms with Gasteiger partial charge in [-0.15, -0.1) is 0 Å². The van der Waals surface area contributed by atoms with Crippen LogP contribution in [0.25, 0.3) is 0 Å². The van der Waals surface area contributed by atoms with Crippen molar-refractivity contribution in [3.8, 4) is 5.75 Å². The summed E-state index contributed by atoms with van der Waals surface area (Å²) in [6.45, 7) is 7.38. The molecular weight excluding hydrogens is 470 g/mol. The topological polar surface area (TPSA) is 96.5 Å². The maximum Gasteiger partial charge on any atom is 0.303 e. The van der Waals surface area contributed by atoms with Crippen LogP contribution in [-0.4, -0.2) is 75.9 Å². The van der Waals surface area contributed by atoms with Gasteiger partial charge in [0.15, 0.2) is 0 Å². The number of ether oxygens (including phenoxy) is 2. The Morgan fingerprint density at radius 3 is 2.17 bits per heavy atom. The molecule has 0 N–H and O–H groups in total. The highest BCUT2D eigenvalue weighted by atomic mass is 32.2. The molecule has 0 bridgehead atoms. The smallest absolute Gasteiger partial charge is 0.303 e. The molecule has 1 aliphatic heterocycles. The number of benzene rings is 2. The fraction of sp³-hybridized carbons (Fsp3) is 0.440. The first-order valence-electron chi connectivity index (χ1n) is 11.7. The summed E-state index contributed by atoms with van der Waals surface area (Å²) in [6.07, 6.45) is -1.00. The van der Waals surface area contributed by atoms with Crippen molar-refractivity contribution in [3.63, 3.8) is 0 Å². The van der Waals surface area contributed by atoms with E-state index in [0.29, 0.717) is 56.3 Å². The number of methoxy groups -OCH3 is 1. The molecule has 3 rings (SSSR count). The molecule has 1 atom stereocenters. The summed E-state index contributed by atoms with van der Waals surface area (Å²) < 4.78 is 38.4. The van der Waals surface area contributed by atoms with Crippen LogP contribution in [0.4, 0.5) is 5.69 Å². The number of nitrogens with zero attached hydrogens (tertiary/aromatic N) is 3. The third kappa shape index (κ3) is 5.94. The number of carbonyl (C=O) groups is 2. The molecule has 10 heteroatoms. The Hall–Kier alpha value is -3.11. The van der Waals surface area contributed by atoms with Gasteiger partial charge in [0.2, 0.25) is 16.1 Å². The third-order valence-corrected chi connectivity index (χ3v) is 8.08. The van der Waals surface area contributed by atoms with Crippen molar-refractivity contribution < 1.29 is 27.5 Å². The minimum atomic E-state index is -3.63. The fourth-order valence-electron chi connectivity index (χ4n) is 4.18. The molecule has 190 valence electrons. The van der Waals surface area contributed by atoms with Gasteiger partial charge < -0.3 is 19.3 Å². The summed E-state index contributed by atoms with van der Waals surface area (Å²) in [5.74, 6) is -0.247. The standard InChI is InChI=1S/C25H33N3O6S/c1-5-28(6-2)35(31,32)21-12-13-23(33-4)22(18-21)26-14-16-27(17-15-26)25(30)24(34-19(3)29)20-10-8-7-9-11-20/h7-13,18,24H,5-6,14-17H2,1-4H3. The molecule has 2 aromatic carbocycles. The Kier molecular flexibility index (Phi) is 8.74. The molecule has 1 amide bonds. The van der Waals surface area contributed by atoms with E-state index in [1.54, 1.807) is 68.3 Å². The molecule has 0 aliphatic carbocycles. The number of hydrogen-bond donors (Lipinski definition) is 0. The highest BCUT2D eigenvalue weighted by Gasteiger charge is 2.32. The Bertz CT molecular complexity index is 1130. The first-order chi connectivity index (χ1) is 16.7. The predicted octanol–water partition coefficient (Wildman–Crippen LogP) is 2.68. The normalized spacial score (nSPS) is 15.1. The van der Waals surface area contributed by atoms with Gasteiger partial charge in [0.1, 0.15) is 5.75 Å². The van der Waals surface area contributed by atoms with Crippen molar-refractivity contribution in [2.45, 2.75) is 31.8 Å². The van der Waals surface area contributed by atoms with Crippen molar-refractivity contribution in [2.75, 3.05) is 51.3 Å². The maximum absolute atomic E-state index is 13.2. The van der Waals surface area contributed by atoms with Crippen molar-refractivity contribution in [1.82, 2.24) is 9.21 Å². The largest absolute Gasteiger partial charge is 0.495 e. The van der Waals surface area contributed by atoms with Gasteiger partial charge in [-0.05, 0) is 18.2 Å². The lowest BCUT2D eigenvalue weighted by Crippen LogP contribution is -2.50. The maximum atomic E-state index is 13.2. The fourth-order valence-corrected chi connectivity index (χ4v) is 5.66. The number of esters is 1. The van der Waals surface area contributed by atoms with Gasteiger partial charge in [0.25, 0.3) is 5.91 Å². The van der Waals surface area contributed by atoms with Crippen LogP contribution in [0.5, 0.6) is 5.75 Å². The quantitative estimate of drug-likeness (QED) is 0.486. The molecule has 0 spiro atoms. The van der Waals surface area contributed by atoms with Crippen LogP contribution in [0.2, 0.25) is 0 Å². The molecule has 1 saturated heterocycles. The average Bonchev–Trinajstić information content (AvgIpc) is 2.87. The number of carbonyl (C=O) groups excluding carboxylic acids is 2. The second kappa shape index (κ2) is 11.5. The van der Waals surface area contributed by atoms with Crippen LogP contribution in [0.1, 0.15) is 32.4 Å². The first-order valence-corrected chi connectivity index (χ1v) is 13.1. The highest BCUT2D eigenvalue weighted by molar-refractivity contribution is 7.89. The zero-order valence-corrected chi connectivity index (χ0v) is 21.5. The lowest BCUT2D eigenvalue weighted by molar-refractivity contribution is -0.159. The highest BCUT2D eigenvalue weighted by Crippen LogP contribution is 2.33. The van der Waals surface area contributed by atoms with E-state index in [1.807, 2.05) is 11.0 Å². The summed E-state index contributed by atoms with van der Waals surface area (Å²) in [7, 11) is -2.08. The van der Waals surface area contributed by atoms with Gasteiger partial charge >= 0.3 is 5.97 Å². The van der Waals surface area contributed by atoms with E-state index in [2.05, 4.69) is 0 Å². The van der Waals surface area contributed by atoms with Crippen molar-refractivity contribution in [2.24, 2.45) is 0 Å². The van der Waals surface area contributed by atoms with Crippen molar-refractivity contribution in [3.05, 3.63) is 54.1 Å². The van der Waals surface area contributed by atoms with Gasteiger partial charge in [-0.1, -0.05) is 44.2 Å². The molecule has 1 fully saturated rings. The Labute approximate surface area is 207 Å². The number of sulfonamides is 1. The van der Waals surface area contributed by atoms with Gasteiger partial charge in [0.05, 0.1) is 17.7 Å².